The first-order valence-corrected chi connectivity index (χ1v) is 12.9. The van der Waals surface area contributed by atoms with Gasteiger partial charge in [0.25, 0.3) is 15.9 Å². The van der Waals surface area contributed by atoms with Crippen molar-refractivity contribution in [2.45, 2.75) is 38.5 Å². The van der Waals surface area contributed by atoms with Crippen LogP contribution in [0.3, 0.4) is 0 Å². The SMILES string of the molecule is CCCCOc1ccc(/C=N\NC(=O)CN(c2ccccc2C)S(=O)(=O)c2ccc(C)cc2)cc1. The number of para-hydroxylation sites is 1. The summed E-state index contributed by atoms with van der Waals surface area (Å²) in [6.45, 7) is 6.05. The predicted molar refractivity (Wildman–Crippen MR) is 139 cm³/mol. The van der Waals surface area contributed by atoms with Crippen molar-refractivity contribution in [3.8, 4) is 5.75 Å². The predicted octanol–water partition coefficient (Wildman–Crippen LogP) is 4.83. The van der Waals surface area contributed by atoms with Gasteiger partial charge in [0.2, 0.25) is 0 Å². The van der Waals surface area contributed by atoms with Gasteiger partial charge >= 0.3 is 0 Å². The number of aryl methyl sites for hydroxylation is 2. The first-order valence-electron chi connectivity index (χ1n) is 11.5. The van der Waals surface area contributed by atoms with Gasteiger partial charge in [0.1, 0.15) is 12.3 Å². The molecule has 0 aliphatic rings. The zero-order valence-corrected chi connectivity index (χ0v) is 21.1. The zero-order chi connectivity index (χ0) is 25.3. The molecule has 3 aromatic carbocycles. The molecule has 0 radical (unpaired) electrons. The number of sulfonamides is 1. The van der Waals surface area contributed by atoms with Crippen molar-refractivity contribution in [3.63, 3.8) is 0 Å². The minimum atomic E-state index is -3.97. The molecule has 35 heavy (non-hydrogen) atoms. The van der Waals surface area contributed by atoms with E-state index in [2.05, 4.69) is 17.5 Å². The molecule has 0 saturated heterocycles. The van der Waals surface area contributed by atoms with Crippen LogP contribution in [0.1, 0.15) is 36.5 Å². The molecule has 0 aliphatic heterocycles. The summed E-state index contributed by atoms with van der Waals surface area (Å²) in [4.78, 5) is 12.8. The van der Waals surface area contributed by atoms with Gasteiger partial charge in [0.15, 0.2) is 0 Å². The molecule has 8 heteroatoms. The van der Waals surface area contributed by atoms with E-state index in [9.17, 15) is 13.2 Å². The number of nitrogens with one attached hydrogen (secondary N) is 1. The van der Waals surface area contributed by atoms with Gasteiger partial charge in [-0.05, 0) is 73.9 Å². The fraction of sp³-hybridized carbons (Fsp3) is 0.259. The van der Waals surface area contributed by atoms with Crippen LogP contribution >= 0.6 is 0 Å². The number of hydrogen-bond donors (Lipinski definition) is 1. The van der Waals surface area contributed by atoms with Crippen molar-refractivity contribution in [3.05, 3.63) is 89.5 Å². The summed E-state index contributed by atoms with van der Waals surface area (Å²) in [6, 6.07) is 20.9. The summed E-state index contributed by atoms with van der Waals surface area (Å²) in [6.07, 6.45) is 3.56. The largest absolute Gasteiger partial charge is 0.494 e. The number of hydrazone groups is 1. The summed E-state index contributed by atoms with van der Waals surface area (Å²) >= 11 is 0. The number of carbonyl (C=O) groups is 1. The Balaban J connectivity index is 1.73. The Morgan fingerprint density at radius 1 is 1.00 bits per heavy atom. The van der Waals surface area contributed by atoms with Crippen LogP contribution in [0.15, 0.2) is 82.8 Å². The van der Waals surface area contributed by atoms with Crippen LogP contribution in [0.5, 0.6) is 5.75 Å². The Morgan fingerprint density at radius 3 is 2.34 bits per heavy atom. The number of amides is 1. The summed E-state index contributed by atoms with van der Waals surface area (Å²) in [7, 11) is -3.97. The number of anilines is 1. The molecule has 0 fully saturated rings. The second-order valence-electron chi connectivity index (χ2n) is 8.18. The molecule has 0 atom stereocenters. The molecule has 3 aromatic rings. The highest BCUT2D eigenvalue weighted by molar-refractivity contribution is 7.92. The third-order valence-corrected chi connectivity index (χ3v) is 7.10. The van der Waals surface area contributed by atoms with E-state index >= 15 is 0 Å². The van der Waals surface area contributed by atoms with E-state index in [0.717, 1.165) is 39.6 Å². The summed E-state index contributed by atoms with van der Waals surface area (Å²) in [5.41, 5.74) is 5.32. The van der Waals surface area contributed by atoms with Crippen molar-refractivity contribution in [1.29, 1.82) is 0 Å². The van der Waals surface area contributed by atoms with Crippen molar-refractivity contribution >= 4 is 27.8 Å². The number of benzene rings is 3. The summed E-state index contributed by atoms with van der Waals surface area (Å²) < 4.78 is 33.6. The third kappa shape index (κ3) is 7.16. The zero-order valence-electron chi connectivity index (χ0n) is 20.3. The maximum Gasteiger partial charge on any atom is 0.264 e. The third-order valence-electron chi connectivity index (χ3n) is 5.33. The Bertz CT molecular complexity index is 1250. The van der Waals surface area contributed by atoms with Crippen molar-refractivity contribution < 1.29 is 17.9 Å². The molecule has 0 bridgehead atoms. The lowest BCUT2D eigenvalue weighted by Gasteiger charge is -2.25. The summed E-state index contributed by atoms with van der Waals surface area (Å²) in [5, 5.41) is 4.00. The molecular weight excluding hydrogens is 462 g/mol. The number of nitrogens with zero attached hydrogens (tertiary/aromatic N) is 2. The topological polar surface area (TPSA) is 88.1 Å². The lowest BCUT2D eigenvalue weighted by atomic mass is 10.2. The molecule has 1 amide bonds. The van der Waals surface area contributed by atoms with Crippen LogP contribution < -0.4 is 14.5 Å². The lowest BCUT2D eigenvalue weighted by molar-refractivity contribution is -0.119. The van der Waals surface area contributed by atoms with E-state index < -0.39 is 22.5 Å². The van der Waals surface area contributed by atoms with Crippen LogP contribution in [0.4, 0.5) is 5.69 Å². The monoisotopic (exact) mass is 493 g/mol. The van der Waals surface area contributed by atoms with E-state index in [1.54, 1.807) is 49.4 Å². The highest BCUT2D eigenvalue weighted by atomic mass is 32.2. The van der Waals surface area contributed by atoms with E-state index in [0.29, 0.717) is 12.3 Å². The van der Waals surface area contributed by atoms with Gasteiger partial charge in [-0.3, -0.25) is 9.10 Å². The van der Waals surface area contributed by atoms with Crippen molar-refractivity contribution in [1.82, 2.24) is 5.43 Å². The van der Waals surface area contributed by atoms with Crippen LogP contribution in [0.25, 0.3) is 0 Å². The average Bonchev–Trinajstić information content (AvgIpc) is 2.84. The van der Waals surface area contributed by atoms with Gasteiger partial charge in [0, 0.05) is 0 Å². The summed E-state index contributed by atoms with van der Waals surface area (Å²) in [5.74, 6) is 0.217. The quantitative estimate of drug-likeness (QED) is 0.235. The highest BCUT2D eigenvalue weighted by Gasteiger charge is 2.28. The molecule has 0 spiro atoms. The maximum absolute atomic E-state index is 13.4. The van der Waals surface area contributed by atoms with Gasteiger partial charge in [-0.2, -0.15) is 5.10 Å². The normalized spacial score (nSPS) is 11.4. The van der Waals surface area contributed by atoms with Crippen LogP contribution in [0, 0.1) is 13.8 Å². The fourth-order valence-electron chi connectivity index (χ4n) is 3.31. The van der Waals surface area contributed by atoms with E-state index in [4.69, 9.17) is 4.74 Å². The van der Waals surface area contributed by atoms with Crippen molar-refractivity contribution in [2.75, 3.05) is 17.5 Å². The Kier molecular flexibility index (Phi) is 9.03. The molecule has 0 unspecified atom stereocenters. The van der Waals surface area contributed by atoms with Crippen LogP contribution in [0.2, 0.25) is 0 Å². The fourth-order valence-corrected chi connectivity index (χ4v) is 4.79. The maximum atomic E-state index is 13.4. The molecule has 0 saturated carbocycles. The van der Waals surface area contributed by atoms with Crippen LogP contribution in [-0.2, 0) is 14.8 Å². The first-order chi connectivity index (χ1) is 16.8. The number of unbranched alkanes of at least 4 members (excludes halogenated alkanes) is 1. The number of rotatable bonds is 11. The van der Waals surface area contributed by atoms with Gasteiger partial charge in [-0.15, -0.1) is 0 Å². The molecular formula is C27H31N3O4S. The van der Waals surface area contributed by atoms with Gasteiger partial charge < -0.3 is 4.74 Å². The highest BCUT2D eigenvalue weighted by Crippen LogP contribution is 2.26. The minimum absolute atomic E-state index is 0.115. The molecule has 7 nitrogen and oxygen atoms in total. The number of ether oxygens (including phenoxy) is 1. The lowest BCUT2D eigenvalue weighted by Crippen LogP contribution is -2.40. The molecule has 0 heterocycles. The van der Waals surface area contributed by atoms with Gasteiger partial charge in [-0.25, -0.2) is 13.8 Å². The van der Waals surface area contributed by atoms with E-state index in [-0.39, 0.29) is 4.90 Å². The smallest absolute Gasteiger partial charge is 0.264 e. The van der Waals surface area contributed by atoms with Gasteiger partial charge in [-0.1, -0.05) is 49.2 Å². The number of carbonyl (C=O) groups excluding carboxylic acids is 1. The molecule has 184 valence electrons. The molecule has 1 N–H and O–H groups in total. The second-order valence-corrected chi connectivity index (χ2v) is 10.0. The van der Waals surface area contributed by atoms with Crippen LogP contribution in [-0.4, -0.2) is 33.7 Å². The second kappa shape index (κ2) is 12.2. The number of hydrogen-bond acceptors (Lipinski definition) is 5. The van der Waals surface area contributed by atoms with Gasteiger partial charge in [0.05, 0.1) is 23.4 Å². The Morgan fingerprint density at radius 2 is 1.69 bits per heavy atom. The van der Waals surface area contributed by atoms with E-state index in [1.807, 2.05) is 37.3 Å². The van der Waals surface area contributed by atoms with Crippen molar-refractivity contribution in [2.24, 2.45) is 5.10 Å². The molecule has 0 aromatic heterocycles. The standard InChI is InChI=1S/C27H31N3O4S/c1-4-5-18-34-24-14-12-23(13-15-24)19-28-29-27(31)20-30(26-9-7-6-8-22(26)3)35(32,33)25-16-10-21(2)11-17-25/h6-17,19H,4-5,18,20H2,1-3H3,(H,29,31)/b28-19-. The Hall–Kier alpha value is -3.65. The average molecular weight is 494 g/mol. The molecule has 0 aliphatic carbocycles. The minimum Gasteiger partial charge on any atom is -0.494 e. The Labute approximate surface area is 207 Å². The first kappa shape index (κ1) is 26.0. The molecule has 3 rings (SSSR count). The van der Waals surface area contributed by atoms with E-state index in [1.165, 1.54) is 6.21 Å².